The summed E-state index contributed by atoms with van der Waals surface area (Å²) in [7, 11) is 0. The van der Waals surface area contributed by atoms with Gasteiger partial charge in [0.15, 0.2) is 0 Å². The SMILES string of the molecule is NC1(CCC23CC4CC(CC(C4)C2)C3)CCC1. The first-order valence-electron chi connectivity index (χ1n) is 7.94. The molecule has 0 radical (unpaired) electrons. The maximum Gasteiger partial charge on any atom is 0.0154 e. The van der Waals surface area contributed by atoms with Crippen molar-refractivity contribution in [3.05, 3.63) is 0 Å². The summed E-state index contributed by atoms with van der Waals surface area (Å²) < 4.78 is 0. The zero-order valence-corrected chi connectivity index (χ0v) is 11.1. The molecule has 5 aliphatic rings. The zero-order chi connectivity index (χ0) is 11.5. The van der Waals surface area contributed by atoms with Crippen molar-refractivity contribution in [1.29, 1.82) is 0 Å². The number of hydrogen-bond donors (Lipinski definition) is 1. The van der Waals surface area contributed by atoms with Crippen LogP contribution in [0.5, 0.6) is 0 Å². The van der Waals surface area contributed by atoms with E-state index in [1.807, 2.05) is 0 Å². The maximum absolute atomic E-state index is 6.43. The van der Waals surface area contributed by atoms with Crippen LogP contribution in [0.1, 0.15) is 70.6 Å². The van der Waals surface area contributed by atoms with Crippen molar-refractivity contribution in [1.82, 2.24) is 0 Å². The van der Waals surface area contributed by atoms with E-state index in [0.717, 1.165) is 23.2 Å². The minimum atomic E-state index is 0.267. The summed E-state index contributed by atoms with van der Waals surface area (Å²) in [6, 6.07) is 0. The van der Waals surface area contributed by atoms with Crippen LogP contribution in [-0.4, -0.2) is 5.54 Å². The van der Waals surface area contributed by atoms with E-state index in [1.54, 1.807) is 38.5 Å². The summed E-state index contributed by atoms with van der Waals surface area (Å²) in [5, 5.41) is 0. The fourth-order valence-electron chi connectivity index (χ4n) is 5.99. The predicted molar refractivity (Wildman–Crippen MR) is 70.6 cm³/mol. The lowest BCUT2D eigenvalue weighted by atomic mass is 9.48. The van der Waals surface area contributed by atoms with Crippen molar-refractivity contribution in [2.45, 2.75) is 76.2 Å². The van der Waals surface area contributed by atoms with Gasteiger partial charge in [-0.2, -0.15) is 0 Å². The average molecular weight is 233 g/mol. The highest BCUT2D eigenvalue weighted by Gasteiger charge is 2.51. The lowest BCUT2D eigenvalue weighted by molar-refractivity contribution is -0.0625. The van der Waals surface area contributed by atoms with Gasteiger partial charge < -0.3 is 5.73 Å². The highest BCUT2D eigenvalue weighted by Crippen LogP contribution is 2.62. The lowest BCUT2D eigenvalue weighted by Crippen LogP contribution is -2.50. The number of hydrogen-bond acceptors (Lipinski definition) is 1. The standard InChI is InChI=1S/C16H27N/c17-16(2-1-3-16)5-4-15-9-12-6-13(10-15)8-14(7-12)11-15/h12-14H,1-11,17H2. The van der Waals surface area contributed by atoms with Crippen molar-refractivity contribution in [2.75, 3.05) is 0 Å². The summed E-state index contributed by atoms with van der Waals surface area (Å²) >= 11 is 0. The average Bonchev–Trinajstić information content (AvgIpc) is 2.22. The van der Waals surface area contributed by atoms with E-state index in [-0.39, 0.29) is 5.54 Å². The molecule has 17 heavy (non-hydrogen) atoms. The molecule has 0 heterocycles. The van der Waals surface area contributed by atoms with Crippen molar-refractivity contribution in [2.24, 2.45) is 28.9 Å². The molecule has 5 rings (SSSR count). The number of nitrogens with two attached hydrogens (primary N) is 1. The van der Waals surface area contributed by atoms with E-state index in [9.17, 15) is 0 Å². The summed E-state index contributed by atoms with van der Waals surface area (Å²) in [6.07, 6.45) is 16.2. The van der Waals surface area contributed by atoms with Gasteiger partial charge in [-0.3, -0.25) is 0 Å². The van der Waals surface area contributed by atoms with Crippen molar-refractivity contribution in [3.63, 3.8) is 0 Å². The first-order chi connectivity index (χ1) is 8.15. The van der Waals surface area contributed by atoms with Crippen LogP contribution in [0.3, 0.4) is 0 Å². The molecule has 96 valence electrons. The normalized spacial score (nSPS) is 50.3. The monoisotopic (exact) mass is 233 g/mol. The molecule has 0 aromatic carbocycles. The zero-order valence-electron chi connectivity index (χ0n) is 11.1. The molecule has 1 nitrogen and oxygen atoms in total. The molecule has 5 aliphatic carbocycles. The van der Waals surface area contributed by atoms with E-state index >= 15 is 0 Å². The van der Waals surface area contributed by atoms with Crippen LogP contribution in [0.15, 0.2) is 0 Å². The first kappa shape index (κ1) is 10.8. The Labute approximate surface area is 106 Å². The van der Waals surface area contributed by atoms with Crippen LogP contribution < -0.4 is 5.73 Å². The molecule has 2 N–H and O–H groups in total. The minimum Gasteiger partial charge on any atom is -0.325 e. The van der Waals surface area contributed by atoms with E-state index in [4.69, 9.17) is 5.73 Å². The highest BCUT2D eigenvalue weighted by atomic mass is 14.8. The maximum atomic E-state index is 6.43. The van der Waals surface area contributed by atoms with Gasteiger partial charge in [0.1, 0.15) is 0 Å². The molecule has 0 spiro atoms. The second-order valence-corrected chi connectivity index (χ2v) is 8.13. The van der Waals surface area contributed by atoms with Gasteiger partial charge in [-0.25, -0.2) is 0 Å². The Morgan fingerprint density at radius 1 is 0.824 bits per heavy atom. The van der Waals surface area contributed by atoms with Crippen LogP contribution in [-0.2, 0) is 0 Å². The molecular formula is C16H27N. The fraction of sp³-hybridized carbons (Fsp3) is 1.00. The second-order valence-electron chi connectivity index (χ2n) is 8.13. The Kier molecular flexibility index (Phi) is 2.23. The summed E-state index contributed by atoms with van der Waals surface area (Å²) in [6.45, 7) is 0. The lowest BCUT2D eigenvalue weighted by Gasteiger charge is -2.58. The summed E-state index contributed by atoms with van der Waals surface area (Å²) in [5.74, 6) is 3.32. The topological polar surface area (TPSA) is 26.0 Å². The molecule has 0 saturated heterocycles. The van der Waals surface area contributed by atoms with Gasteiger partial charge in [0.05, 0.1) is 0 Å². The van der Waals surface area contributed by atoms with Crippen molar-refractivity contribution in [3.8, 4) is 0 Å². The van der Waals surface area contributed by atoms with Gasteiger partial charge in [0.2, 0.25) is 0 Å². The molecule has 0 amide bonds. The Hall–Kier alpha value is -0.0400. The number of rotatable bonds is 3. The Morgan fingerprint density at radius 2 is 1.35 bits per heavy atom. The third-order valence-corrected chi connectivity index (χ3v) is 6.67. The molecule has 0 atom stereocenters. The molecule has 5 saturated carbocycles. The molecule has 1 heteroatoms. The molecule has 4 bridgehead atoms. The van der Waals surface area contributed by atoms with Crippen LogP contribution in [0, 0.1) is 23.2 Å². The molecule has 0 aromatic heterocycles. The first-order valence-corrected chi connectivity index (χ1v) is 7.94. The van der Waals surface area contributed by atoms with Crippen LogP contribution >= 0.6 is 0 Å². The summed E-state index contributed by atoms with van der Waals surface area (Å²) in [5.41, 5.74) is 7.46. The minimum absolute atomic E-state index is 0.267. The smallest absolute Gasteiger partial charge is 0.0154 e. The Morgan fingerprint density at radius 3 is 1.76 bits per heavy atom. The molecule has 0 unspecified atom stereocenters. The predicted octanol–water partition coefficient (Wildman–Crippen LogP) is 3.86. The molecule has 5 fully saturated rings. The fourth-order valence-corrected chi connectivity index (χ4v) is 5.99. The van der Waals surface area contributed by atoms with E-state index < -0.39 is 0 Å². The van der Waals surface area contributed by atoms with Crippen LogP contribution in [0.2, 0.25) is 0 Å². The van der Waals surface area contributed by atoms with E-state index in [0.29, 0.717) is 0 Å². The van der Waals surface area contributed by atoms with Crippen LogP contribution in [0.25, 0.3) is 0 Å². The van der Waals surface area contributed by atoms with Gasteiger partial charge in [-0.1, -0.05) is 0 Å². The van der Waals surface area contributed by atoms with Crippen molar-refractivity contribution < 1.29 is 0 Å². The largest absolute Gasteiger partial charge is 0.325 e. The molecule has 0 aromatic rings. The van der Waals surface area contributed by atoms with Gasteiger partial charge >= 0.3 is 0 Å². The Bertz CT molecular complexity index is 280. The third-order valence-electron chi connectivity index (χ3n) is 6.67. The van der Waals surface area contributed by atoms with Gasteiger partial charge in [0, 0.05) is 5.54 Å². The Balaban J connectivity index is 1.45. The summed E-state index contributed by atoms with van der Waals surface area (Å²) in [4.78, 5) is 0. The van der Waals surface area contributed by atoms with Gasteiger partial charge in [-0.05, 0) is 93.8 Å². The quantitative estimate of drug-likeness (QED) is 0.787. The highest BCUT2D eigenvalue weighted by molar-refractivity contribution is 5.03. The molecule has 0 aliphatic heterocycles. The van der Waals surface area contributed by atoms with Gasteiger partial charge in [-0.15, -0.1) is 0 Å². The van der Waals surface area contributed by atoms with Crippen molar-refractivity contribution >= 4 is 0 Å². The third kappa shape index (κ3) is 1.77. The van der Waals surface area contributed by atoms with E-state index in [2.05, 4.69) is 0 Å². The second kappa shape index (κ2) is 3.50. The molecular weight excluding hydrogens is 206 g/mol. The van der Waals surface area contributed by atoms with E-state index in [1.165, 1.54) is 32.1 Å². The van der Waals surface area contributed by atoms with Crippen LogP contribution in [0.4, 0.5) is 0 Å². The van der Waals surface area contributed by atoms with Gasteiger partial charge in [0.25, 0.3) is 0 Å².